The lowest BCUT2D eigenvalue weighted by Gasteiger charge is -2.42. The average Bonchev–Trinajstić information content (AvgIpc) is 3.38. The first-order chi connectivity index (χ1) is 17.7. The number of hydrogen-bond donors (Lipinski definition) is 6. The van der Waals surface area contributed by atoms with Gasteiger partial charge in [-0.2, -0.15) is 18.4 Å². The Hall–Kier alpha value is -2.90. The first kappa shape index (κ1) is 26.7. The molecule has 2 bridgehead atoms. The number of rotatable bonds is 4. The molecule has 14 heteroatoms. The summed E-state index contributed by atoms with van der Waals surface area (Å²) in [5.74, 6) is -1.18. The van der Waals surface area contributed by atoms with E-state index in [0.717, 1.165) is 16.7 Å². The van der Waals surface area contributed by atoms with Crippen LogP contribution in [0.1, 0.15) is 42.5 Å². The summed E-state index contributed by atoms with van der Waals surface area (Å²) >= 11 is 0. The lowest BCUT2D eigenvalue weighted by Crippen LogP contribution is -2.60. The van der Waals surface area contributed by atoms with Crippen LogP contribution >= 0.6 is 0 Å². The van der Waals surface area contributed by atoms with Gasteiger partial charge in [0.2, 0.25) is 11.8 Å². The fourth-order valence-corrected chi connectivity index (χ4v) is 5.78. The van der Waals surface area contributed by atoms with Gasteiger partial charge in [0, 0.05) is 6.42 Å². The molecule has 1 aromatic heterocycles. The molecule has 0 spiro atoms. The number of aromatic nitrogens is 1. The van der Waals surface area contributed by atoms with E-state index in [1.54, 1.807) is 6.92 Å². The quantitative estimate of drug-likeness (QED) is 0.324. The van der Waals surface area contributed by atoms with Gasteiger partial charge in [-0.3, -0.25) is 4.57 Å². The van der Waals surface area contributed by atoms with E-state index in [0.29, 0.717) is 6.07 Å². The van der Waals surface area contributed by atoms with E-state index in [9.17, 15) is 43.8 Å². The zero-order valence-corrected chi connectivity index (χ0v) is 20.0. The molecule has 0 aliphatic carbocycles. The molecule has 2 saturated heterocycles. The molecule has 3 aliphatic heterocycles. The van der Waals surface area contributed by atoms with Crippen molar-refractivity contribution in [3.05, 3.63) is 40.5 Å². The Kier molecular flexibility index (Phi) is 6.01. The number of hydrogen-bond acceptors (Lipinski definition) is 10. The minimum absolute atomic E-state index is 0.0382. The van der Waals surface area contributed by atoms with Crippen molar-refractivity contribution in [2.24, 2.45) is 0 Å². The second-order valence-corrected chi connectivity index (χ2v) is 10.0. The molecule has 0 radical (unpaired) electrons. The van der Waals surface area contributed by atoms with E-state index in [-0.39, 0.29) is 23.2 Å². The molecule has 38 heavy (non-hydrogen) atoms. The van der Waals surface area contributed by atoms with Crippen molar-refractivity contribution in [3.63, 3.8) is 0 Å². The molecule has 2 fully saturated rings. The third-order valence-electron chi connectivity index (χ3n) is 7.61. The number of fused-ring (bicyclic) bond motifs is 5. The van der Waals surface area contributed by atoms with Crippen LogP contribution in [0, 0.1) is 11.3 Å². The van der Waals surface area contributed by atoms with Gasteiger partial charge in [-0.15, -0.1) is 0 Å². The fourth-order valence-electron chi connectivity index (χ4n) is 5.78. The standard InChI is InChI=1S/C24H25F3N2O9/c1-22-6-13(37-21-18(33)17(32)16(31)12(8-30)36-21)23(2,38-22)15-14(22)19(34)29(20(15)35)10-4-3-9(7-28)11(5-10)24(25,26)27/h3-5,12-13,16-18,21,30-35H,6,8H2,1-2H3/t12-,13-,16-,17+,18-,21-,22+,23-/m1/s1. The number of nitriles is 1. The van der Waals surface area contributed by atoms with Gasteiger partial charge in [0.15, 0.2) is 6.29 Å². The molecule has 0 unspecified atom stereocenters. The highest BCUT2D eigenvalue weighted by Crippen LogP contribution is 2.65. The van der Waals surface area contributed by atoms with E-state index in [1.807, 2.05) is 0 Å². The third kappa shape index (κ3) is 3.62. The van der Waals surface area contributed by atoms with E-state index in [4.69, 9.17) is 19.5 Å². The van der Waals surface area contributed by atoms with Crippen molar-refractivity contribution in [1.29, 1.82) is 5.26 Å². The summed E-state index contributed by atoms with van der Waals surface area (Å²) in [6.07, 6.45) is -13.5. The first-order valence-electron chi connectivity index (χ1n) is 11.6. The summed E-state index contributed by atoms with van der Waals surface area (Å²) in [5.41, 5.74) is -4.73. The maximum absolute atomic E-state index is 13.6. The van der Waals surface area contributed by atoms with E-state index in [1.165, 1.54) is 13.0 Å². The Balaban J connectivity index is 1.55. The topological polar surface area (TPSA) is 178 Å². The Labute approximate surface area is 213 Å². The predicted molar refractivity (Wildman–Crippen MR) is 118 cm³/mol. The van der Waals surface area contributed by atoms with Gasteiger partial charge >= 0.3 is 6.18 Å². The predicted octanol–water partition coefficient (Wildman–Crippen LogP) is 0.828. The number of ether oxygens (including phenoxy) is 3. The Morgan fingerprint density at radius 1 is 1.11 bits per heavy atom. The fraction of sp³-hybridized carbons (Fsp3) is 0.542. The number of aliphatic hydroxyl groups is 4. The highest BCUT2D eigenvalue weighted by atomic mass is 19.4. The van der Waals surface area contributed by atoms with Crippen LogP contribution in [0.4, 0.5) is 13.2 Å². The number of nitrogens with zero attached hydrogens (tertiary/aromatic N) is 2. The smallest absolute Gasteiger partial charge is 0.417 e. The monoisotopic (exact) mass is 542 g/mol. The van der Waals surface area contributed by atoms with Crippen LogP contribution in [-0.4, -0.2) is 78.6 Å². The Morgan fingerprint density at radius 2 is 1.76 bits per heavy atom. The van der Waals surface area contributed by atoms with Gasteiger partial charge in [-0.25, -0.2) is 0 Å². The Morgan fingerprint density at radius 3 is 2.37 bits per heavy atom. The van der Waals surface area contributed by atoms with Crippen molar-refractivity contribution >= 4 is 0 Å². The van der Waals surface area contributed by atoms with E-state index in [2.05, 4.69) is 0 Å². The molecule has 206 valence electrons. The number of aliphatic hydroxyl groups excluding tert-OH is 4. The summed E-state index contributed by atoms with van der Waals surface area (Å²) < 4.78 is 59.0. The molecule has 0 amide bonds. The van der Waals surface area contributed by atoms with Crippen LogP contribution in [0.15, 0.2) is 18.2 Å². The molecule has 2 aromatic rings. The molecule has 1 aromatic carbocycles. The summed E-state index contributed by atoms with van der Waals surface area (Å²) in [6, 6.07) is 4.20. The third-order valence-corrected chi connectivity index (χ3v) is 7.61. The summed E-state index contributed by atoms with van der Waals surface area (Å²) in [4.78, 5) is 0. The van der Waals surface area contributed by atoms with Gasteiger partial charge in [0.1, 0.15) is 30.0 Å². The molecule has 0 saturated carbocycles. The second kappa shape index (κ2) is 8.55. The van der Waals surface area contributed by atoms with Crippen molar-refractivity contribution in [2.45, 2.75) is 74.5 Å². The second-order valence-electron chi connectivity index (χ2n) is 10.0. The summed E-state index contributed by atoms with van der Waals surface area (Å²) in [6.45, 7) is 2.42. The Bertz CT molecular complexity index is 1320. The molecule has 3 aliphatic rings. The molecule has 8 atom stereocenters. The highest BCUT2D eigenvalue weighted by Gasteiger charge is 2.66. The van der Waals surface area contributed by atoms with E-state index < -0.39 is 83.7 Å². The minimum Gasteiger partial charge on any atom is -0.494 e. The van der Waals surface area contributed by atoms with E-state index >= 15 is 0 Å². The van der Waals surface area contributed by atoms with Gasteiger partial charge in [-0.1, -0.05) is 0 Å². The van der Waals surface area contributed by atoms with Gasteiger partial charge in [0.05, 0.1) is 52.3 Å². The lowest BCUT2D eigenvalue weighted by atomic mass is 9.78. The van der Waals surface area contributed by atoms with Crippen molar-refractivity contribution in [3.8, 4) is 23.5 Å². The average molecular weight is 542 g/mol. The van der Waals surface area contributed by atoms with Crippen LogP contribution in [0.2, 0.25) is 0 Å². The normalized spacial score (nSPS) is 36.3. The SMILES string of the molecule is C[C@@]12O[C@@](C)(C[C@H]1O[C@H]1O[C@H](CO)[C@@H](O)[C@H](O)[C@H]1O)c1c2c(O)n(-c2ccc(C#N)c(C(F)(F)F)c2)c1O. The molecule has 4 heterocycles. The molecule has 5 rings (SSSR count). The molecule has 11 nitrogen and oxygen atoms in total. The van der Waals surface area contributed by atoms with Crippen LogP contribution in [0.25, 0.3) is 5.69 Å². The zero-order valence-electron chi connectivity index (χ0n) is 20.0. The number of alkyl halides is 3. The first-order valence-corrected chi connectivity index (χ1v) is 11.6. The number of halogens is 3. The molecular formula is C24H25F3N2O9. The highest BCUT2D eigenvalue weighted by molar-refractivity contribution is 5.62. The molecule has 6 N–H and O–H groups in total. The summed E-state index contributed by atoms with van der Waals surface area (Å²) in [7, 11) is 0. The van der Waals surface area contributed by atoms with Gasteiger partial charge in [-0.05, 0) is 32.0 Å². The lowest BCUT2D eigenvalue weighted by molar-refractivity contribution is -0.318. The number of benzene rings is 1. The van der Waals surface area contributed by atoms with Crippen LogP contribution < -0.4 is 0 Å². The van der Waals surface area contributed by atoms with Crippen LogP contribution in [0.5, 0.6) is 11.8 Å². The van der Waals surface area contributed by atoms with Crippen molar-refractivity contribution < 1.29 is 58.0 Å². The largest absolute Gasteiger partial charge is 0.494 e. The molecular weight excluding hydrogens is 517 g/mol. The van der Waals surface area contributed by atoms with Crippen molar-refractivity contribution in [2.75, 3.05) is 6.61 Å². The number of aromatic hydroxyl groups is 2. The van der Waals surface area contributed by atoms with Gasteiger partial charge < -0.3 is 44.8 Å². The zero-order chi connectivity index (χ0) is 27.9. The van der Waals surface area contributed by atoms with Crippen LogP contribution in [0.3, 0.4) is 0 Å². The maximum atomic E-state index is 13.6. The minimum atomic E-state index is -4.87. The summed E-state index contributed by atoms with van der Waals surface area (Å²) in [5, 5.41) is 71.3. The maximum Gasteiger partial charge on any atom is 0.417 e. The van der Waals surface area contributed by atoms with Gasteiger partial charge in [0.25, 0.3) is 0 Å². The van der Waals surface area contributed by atoms with Crippen molar-refractivity contribution in [1.82, 2.24) is 4.57 Å². The van der Waals surface area contributed by atoms with Crippen LogP contribution in [-0.2, 0) is 31.6 Å².